The third-order valence-corrected chi connectivity index (χ3v) is 11.7. The SMILES string of the molecule is C1CCCC(C2CCCCCC2)CC1.C1CCCC(C2CCCCCC2)CC1.CCCCCCCCCC(OCC)OCC. The fraction of sp³-hybridized carbons (Fsp3) is 1.00. The molecule has 0 aromatic heterocycles. The molecule has 4 rings (SSSR count). The van der Waals surface area contributed by atoms with Crippen LogP contribution in [0.5, 0.6) is 0 Å². The zero-order valence-electron chi connectivity index (χ0n) is 30.7. The Balaban J connectivity index is 0.000000230. The smallest absolute Gasteiger partial charge is 0.157 e. The van der Waals surface area contributed by atoms with Gasteiger partial charge in [-0.2, -0.15) is 0 Å². The van der Waals surface area contributed by atoms with E-state index in [0.717, 1.165) is 43.3 Å². The predicted octanol–water partition coefficient (Wildman–Crippen LogP) is 14.4. The normalized spacial score (nSPS) is 22.1. The molecule has 0 spiro atoms. The third kappa shape index (κ3) is 20.2. The first-order valence-corrected chi connectivity index (χ1v) is 21.0. The molecule has 44 heavy (non-hydrogen) atoms. The monoisotopic (exact) mass is 619 g/mol. The molecule has 262 valence electrons. The molecule has 4 fully saturated rings. The molecule has 0 atom stereocenters. The van der Waals surface area contributed by atoms with Crippen LogP contribution in [-0.4, -0.2) is 19.5 Å². The van der Waals surface area contributed by atoms with E-state index in [1.807, 2.05) is 13.8 Å². The number of hydrogen-bond donors (Lipinski definition) is 0. The van der Waals surface area contributed by atoms with E-state index in [9.17, 15) is 0 Å². The second-order valence-corrected chi connectivity index (χ2v) is 15.3. The number of ether oxygens (including phenoxy) is 2. The van der Waals surface area contributed by atoms with Crippen molar-refractivity contribution in [2.24, 2.45) is 23.7 Å². The van der Waals surface area contributed by atoms with Crippen molar-refractivity contribution in [2.75, 3.05) is 13.2 Å². The van der Waals surface area contributed by atoms with Gasteiger partial charge in [0, 0.05) is 13.2 Å². The van der Waals surface area contributed by atoms with Crippen molar-refractivity contribution in [2.45, 2.75) is 233 Å². The summed E-state index contributed by atoms with van der Waals surface area (Å²) >= 11 is 0. The largest absolute Gasteiger partial charge is 0.353 e. The van der Waals surface area contributed by atoms with Gasteiger partial charge in [-0.05, 0) is 50.4 Å². The lowest BCUT2D eigenvalue weighted by atomic mass is 9.81. The Labute approximate surface area is 278 Å². The summed E-state index contributed by atoms with van der Waals surface area (Å²) < 4.78 is 11.0. The molecule has 0 N–H and O–H groups in total. The highest BCUT2D eigenvalue weighted by atomic mass is 16.7. The van der Waals surface area contributed by atoms with E-state index in [1.54, 1.807) is 51.4 Å². The van der Waals surface area contributed by atoms with E-state index in [0.29, 0.717) is 0 Å². The molecule has 0 unspecified atom stereocenters. The molecular weight excluding hydrogens is 536 g/mol. The highest BCUT2D eigenvalue weighted by Crippen LogP contribution is 2.37. The first kappa shape index (κ1) is 40.1. The van der Waals surface area contributed by atoms with Crippen LogP contribution in [0.25, 0.3) is 0 Å². The van der Waals surface area contributed by atoms with Crippen LogP contribution in [0, 0.1) is 23.7 Å². The van der Waals surface area contributed by atoms with Crippen LogP contribution in [0.3, 0.4) is 0 Å². The standard InChI is InChI=1S/C14H30O2.2C14H26/c1-4-7-8-9-10-11-12-13-14(15-5-2)16-6-3;2*1-2-6-10-13(9-5-1)14-11-7-3-4-8-12-14/h14H,4-13H2,1-3H3;2*13-14H,1-12H2. The zero-order chi connectivity index (χ0) is 31.3. The van der Waals surface area contributed by atoms with Gasteiger partial charge in [-0.1, -0.05) is 200 Å². The summed E-state index contributed by atoms with van der Waals surface area (Å²) in [7, 11) is 0. The maximum atomic E-state index is 5.51. The fourth-order valence-corrected chi connectivity index (χ4v) is 8.98. The van der Waals surface area contributed by atoms with E-state index in [-0.39, 0.29) is 6.29 Å². The summed E-state index contributed by atoms with van der Waals surface area (Å²) in [6.07, 6.45) is 47.4. The van der Waals surface area contributed by atoms with Crippen LogP contribution in [-0.2, 0) is 9.47 Å². The first-order valence-electron chi connectivity index (χ1n) is 21.0. The average Bonchev–Trinajstić information content (AvgIpc) is 3.66. The Kier molecular flexibility index (Phi) is 26.5. The van der Waals surface area contributed by atoms with Crippen LogP contribution >= 0.6 is 0 Å². The molecule has 0 heterocycles. The van der Waals surface area contributed by atoms with Gasteiger partial charge in [-0.3, -0.25) is 0 Å². The molecule has 0 aliphatic heterocycles. The van der Waals surface area contributed by atoms with Crippen molar-refractivity contribution in [3.8, 4) is 0 Å². The topological polar surface area (TPSA) is 18.5 Å². The molecule has 2 nitrogen and oxygen atoms in total. The zero-order valence-corrected chi connectivity index (χ0v) is 30.7. The number of rotatable bonds is 14. The van der Waals surface area contributed by atoms with Gasteiger partial charge >= 0.3 is 0 Å². The molecule has 0 amide bonds. The van der Waals surface area contributed by atoms with Gasteiger partial charge in [-0.25, -0.2) is 0 Å². The summed E-state index contributed by atoms with van der Waals surface area (Å²) in [6.45, 7) is 7.81. The highest BCUT2D eigenvalue weighted by molar-refractivity contribution is 4.76. The maximum Gasteiger partial charge on any atom is 0.157 e. The minimum absolute atomic E-state index is 0.0330. The lowest BCUT2D eigenvalue weighted by Crippen LogP contribution is -2.17. The second kappa shape index (κ2) is 29.1. The van der Waals surface area contributed by atoms with E-state index in [4.69, 9.17) is 9.47 Å². The molecule has 0 aromatic rings. The van der Waals surface area contributed by atoms with Crippen LogP contribution in [0.15, 0.2) is 0 Å². The van der Waals surface area contributed by atoms with Crippen molar-refractivity contribution in [1.82, 2.24) is 0 Å². The molecule has 0 aromatic carbocycles. The lowest BCUT2D eigenvalue weighted by Gasteiger charge is -2.24. The molecule has 4 aliphatic carbocycles. The van der Waals surface area contributed by atoms with Gasteiger partial charge in [-0.15, -0.1) is 0 Å². The van der Waals surface area contributed by atoms with Gasteiger partial charge in [0.15, 0.2) is 6.29 Å². The summed E-state index contributed by atoms with van der Waals surface area (Å²) in [5.74, 6) is 4.48. The van der Waals surface area contributed by atoms with Gasteiger partial charge in [0.25, 0.3) is 0 Å². The van der Waals surface area contributed by atoms with Crippen LogP contribution < -0.4 is 0 Å². The number of hydrogen-bond acceptors (Lipinski definition) is 2. The van der Waals surface area contributed by atoms with E-state index >= 15 is 0 Å². The van der Waals surface area contributed by atoms with Crippen LogP contribution in [0.4, 0.5) is 0 Å². The predicted molar refractivity (Wildman–Crippen MR) is 194 cm³/mol. The highest BCUT2D eigenvalue weighted by Gasteiger charge is 2.24. The lowest BCUT2D eigenvalue weighted by molar-refractivity contribution is -0.140. The van der Waals surface area contributed by atoms with Gasteiger partial charge in [0.1, 0.15) is 0 Å². The Morgan fingerprint density at radius 3 is 0.909 bits per heavy atom. The van der Waals surface area contributed by atoms with Crippen molar-refractivity contribution >= 4 is 0 Å². The summed E-state index contributed by atoms with van der Waals surface area (Å²) in [5, 5.41) is 0. The summed E-state index contributed by atoms with van der Waals surface area (Å²) in [5.41, 5.74) is 0. The molecule has 0 bridgehead atoms. The Hall–Kier alpha value is -0.0800. The van der Waals surface area contributed by atoms with Crippen molar-refractivity contribution in [1.29, 1.82) is 0 Å². The van der Waals surface area contributed by atoms with E-state index < -0.39 is 0 Å². The molecule has 0 saturated heterocycles. The van der Waals surface area contributed by atoms with E-state index in [2.05, 4.69) is 6.92 Å². The van der Waals surface area contributed by atoms with Crippen molar-refractivity contribution < 1.29 is 9.47 Å². The number of unbranched alkanes of at least 4 members (excludes halogenated alkanes) is 6. The van der Waals surface area contributed by atoms with Crippen molar-refractivity contribution in [3.05, 3.63) is 0 Å². The minimum Gasteiger partial charge on any atom is -0.353 e. The van der Waals surface area contributed by atoms with Gasteiger partial charge in [0.2, 0.25) is 0 Å². The molecule has 4 aliphatic rings. The molecular formula is C42H82O2. The van der Waals surface area contributed by atoms with Gasteiger partial charge in [0.05, 0.1) is 0 Å². The summed E-state index contributed by atoms with van der Waals surface area (Å²) in [6, 6.07) is 0. The molecule has 2 heteroatoms. The first-order chi connectivity index (χ1) is 21.8. The maximum absolute atomic E-state index is 5.51. The van der Waals surface area contributed by atoms with Crippen LogP contribution in [0.2, 0.25) is 0 Å². The van der Waals surface area contributed by atoms with E-state index in [1.165, 1.54) is 148 Å². The minimum atomic E-state index is 0.0330. The molecule has 0 radical (unpaired) electrons. The third-order valence-electron chi connectivity index (χ3n) is 11.7. The van der Waals surface area contributed by atoms with Crippen LogP contribution in [0.1, 0.15) is 226 Å². The quantitative estimate of drug-likeness (QED) is 0.109. The van der Waals surface area contributed by atoms with Gasteiger partial charge < -0.3 is 9.47 Å². The summed E-state index contributed by atoms with van der Waals surface area (Å²) in [4.78, 5) is 0. The Morgan fingerprint density at radius 2 is 0.636 bits per heavy atom. The Morgan fingerprint density at radius 1 is 0.364 bits per heavy atom. The fourth-order valence-electron chi connectivity index (χ4n) is 8.98. The average molecular weight is 619 g/mol. The van der Waals surface area contributed by atoms with Crippen molar-refractivity contribution in [3.63, 3.8) is 0 Å². The molecule has 4 saturated carbocycles. The Bertz CT molecular complexity index is 480. The second-order valence-electron chi connectivity index (χ2n) is 15.3.